The van der Waals surface area contributed by atoms with Crippen LogP contribution in [0.3, 0.4) is 0 Å². The molecule has 0 unspecified atom stereocenters. The zero-order chi connectivity index (χ0) is 17.8. The molecular formula is C17H18N4O4. The number of aryl methyl sites for hydroxylation is 2. The largest absolute Gasteiger partial charge is 0.492 e. The Kier molecular flexibility index (Phi) is 4.69. The number of nitrogens with zero attached hydrogens (tertiary/aromatic N) is 2. The number of urea groups is 1. The van der Waals surface area contributed by atoms with E-state index in [0.717, 1.165) is 5.76 Å². The van der Waals surface area contributed by atoms with Gasteiger partial charge in [0.05, 0.1) is 17.9 Å². The molecule has 0 fully saturated rings. The molecule has 0 aliphatic heterocycles. The molecule has 0 spiro atoms. The minimum atomic E-state index is -0.512. The second-order valence-corrected chi connectivity index (χ2v) is 5.25. The zero-order valence-electron chi connectivity index (χ0n) is 14.1. The molecule has 2 aromatic heterocycles. The first-order valence-corrected chi connectivity index (χ1v) is 7.77. The minimum Gasteiger partial charge on any atom is -0.492 e. The smallest absolute Gasteiger partial charge is 0.327 e. The number of furan rings is 1. The van der Waals surface area contributed by atoms with Gasteiger partial charge in [0.15, 0.2) is 0 Å². The molecule has 2 N–H and O–H groups in total. The first-order valence-electron chi connectivity index (χ1n) is 7.77. The van der Waals surface area contributed by atoms with Crippen LogP contribution < -0.4 is 15.4 Å². The van der Waals surface area contributed by atoms with Crippen LogP contribution in [0.15, 0.2) is 39.2 Å². The number of carbonyl (C=O) groups excluding carboxylic acids is 1. The summed E-state index contributed by atoms with van der Waals surface area (Å²) in [4.78, 5) is 12.1. The van der Waals surface area contributed by atoms with E-state index in [9.17, 15) is 4.79 Å². The fourth-order valence-corrected chi connectivity index (χ4v) is 2.33. The van der Waals surface area contributed by atoms with Gasteiger partial charge < -0.3 is 18.9 Å². The molecule has 0 saturated heterocycles. The monoisotopic (exact) mass is 342 g/mol. The maximum absolute atomic E-state index is 12.1. The Hall–Kier alpha value is -3.29. The maximum Gasteiger partial charge on any atom is 0.327 e. The van der Waals surface area contributed by atoms with Gasteiger partial charge >= 0.3 is 12.0 Å². The van der Waals surface area contributed by atoms with Crippen LogP contribution in [-0.4, -0.2) is 22.8 Å². The fraction of sp³-hybridized carbons (Fsp3) is 0.235. The third-order valence-electron chi connectivity index (χ3n) is 3.35. The van der Waals surface area contributed by atoms with Crippen molar-refractivity contribution in [3.8, 4) is 17.2 Å². The number of ether oxygens (including phenoxy) is 1. The van der Waals surface area contributed by atoms with Gasteiger partial charge in [-0.2, -0.15) is 0 Å². The number of hydrogen-bond acceptors (Lipinski definition) is 6. The normalized spacial score (nSPS) is 10.5. The number of amides is 2. The highest BCUT2D eigenvalue weighted by Gasteiger charge is 2.16. The van der Waals surface area contributed by atoms with Crippen molar-refractivity contribution in [3.05, 3.63) is 41.9 Å². The highest BCUT2D eigenvalue weighted by molar-refractivity contribution is 5.99. The summed E-state index contributed by atoms with van der Waals surface area (Å²) in [5.74, 6) is 2.27. The van der Waals surface area contributed by atoms with Crippen molar-refractivity contribution in [1.82, 2.24) is 10.2 Å². The lowest BCUT2D eigenvalue weighted by atomic mass is 10.2. The lowest BCUT2D eigenvalue weighted by Crippen LogP contribution is -2.20. The molecule has 3 aromatic rings. The molecule has 2 heterocycles. The van der Waals surface area contributed by atoms with Crippen molar-refractivity contribution < 1.29 is 18.4 Å². The molecular weight excluding hydrogens is 324 g/mol. The number of nitrogens with one attached hydrogen (secondary N) is 2. The third kappa shape index (κ3) is 3.79. The molecule has 8 heteroatoms. The topological polar surface area (TPSA) is 102 Å². The fourth-order valence-electron chi connectivity index (χ4n) is 2.33. The van der Waals surface area contributed by atoms with E-state index in [0.29, 0.717) is 29.4 Å². The number of anilines is 2. The lowest BCUT2D eigenvalue weighted by molar-refractivity contribution is 0.261. The van der Waals surface area contributed by atoms with Crippen LogP contribution in [0, 0.1) is 13.8 Å². The number of aromatic nitrogens is 2. The van der Waals surface area contributed by atoms with Gasteiger partial charge in [0.1, 0.15) is 17.3 Å². The summed E-state index contributed by atoms with van der Waals surface area (Å²) in [6, 6.07) is 8.41. The summed E-state index contributed by atoms with van der Waals surface area (Å²) in [5, 5.41) is 12.9. The van der Waals surface area contributed by atoms with Crippen LogP contribution >= 0.6 is 0 Å². The van der Waals surface area contributed by atoms with Crippen molar-refractivity contribution in [2.24, 2.45) is 0 Å². The molecule has 0 atom stereocenters. The van der Waals surface area contributed by atoms with Crippen LogP contribution in [-0.2, 0) is 0 Å². The summed E-state index contributed by atoms with van der Waals surface area (Å²) < 4.78 is 16.4. The predicted molar refractivity (Wildman–Crippen MR) is 91.7 cm³/mol. The molecule has 2 amide bonds. The lowest BCUT2D eigenvalue weighted by Gasteiger charge is -2.10. The van der Waals surface area contributed by atoms with E-state index >= 15 is 0 Å². The summed E-state index contributed by atoms with van der Waals surface area (Å²) in [7, 11) is 0. The average molecular weight is 342 g/mol. The van der Waals surface area contributed by atoms with Crippen molar-refractivity contribution in [1.29, 1.82) is 0 Å². The van der Waals surface area contributed by atoms with E-state index in [1.807, 2.05) is 19.9 Å². The van der Waals surface area contributed by atoms with Crippen LogP contribution in [0.2, 0.25) is 0 Å². The Morgan fingerprint density at radius 1 is 1.16 bits per heavy atom. The van der Waals surface area contributed by atoms with Gasteiger partial charge in [0.25, 0.3) is 5.89 Å². The highest BCUT2D eigenvalue weighted by Crippen LogP contribution is 2.27. The van der Waals surface area contributed by atoms with Gasteiger partial charge in [-0.15, -0.1) is 5.10 Å². The summed E-state index contributed by atoms with van der Waals surface area (Å²) in [6.45, 7) is 6.00. The summed E-state index contributed by atoms with van der Waals surface area (Å²) in [5.41, 5.74) is 1.24. The predicted octanol–water partition coefficient (Wildman–Crippen LogP) is 3.99. The Morgan fingerprint density at radius 3 is 2.68 bits per heavy atom. The minimum absolute atomic E-state index is 0.0142. The van der Waals surface area contributed by atoms with Crippen molar-refractivity contribution in [2.45, 2.75) is 20.8 Å². The van der Waals surface area contributed by atoms with Gasteiger partial charge in [-0.25, -0.2) is 4.79 Å². The van der Waals surface area contributed by atoms with E-state index in [4.69, 9.17) is 13.6 Å². The Labute approximate surface area is 144 Å². The van der Waals surface area contributed by atoms with E-state index in [-0.39, 0.29) is 11.9 Å². The number of para-hydroxylation sites is 2. The van der Waals surface area contributed by atoms with E-state index in [2.05, 4.69) is 20.8 Å². The van der Waals surface area contributed by atoms with Gasteiger partial charge in [-0.3, -0.25) is 5.32 Å². The standard InChI is InChI=1S/C17H18N4O4/c1-4-23-14-8-6-5-7-13(14)18-16(22)19-17-21-20-15(25-17)12-9-10(2)24-11(12)3/h5-9H,4H2,1-3H3,(H2,18,19,21,22). The molecule has 3 rings (SSSR count). The Bertz CT molecular complexity index is 884. The number of benzene rings is 1. The Morgan fingerprint density at radius 2 is 1.96 bits per heavy atom. The molecule has 0 bridgehead atoms. The van der Waals surface area contributed by atoms with Gasteiger partial charge in [-0.05, 0) is 39.0 Å². The zero-order valence-corrected chi connectivity index (χ0v) is 14.1. The van der Waals surface area contributed by atoms with Crippen LogP contribution in [0.5, 0.6) is 5.75 Å². The molecule has 0 radical (unpaired) electrons. The van der Waals surface area contributed by atoms with Gasteiger partial charge in [0.2, 0.25) is 0 Å². The molecule has 8 nitrogen and oxygen atoms in total. The molecule has 0 saturated carbocycles. The van der Waals surface area contributed by atoms with Crippen LogP contribution in [0.4, 0.5) is 16.5 Å². The summed E-state index contributed by atoms with van der Waals surface area (Å²) >= 11 is 0. The first kappa shape index (κ1) is 16.6. The quantitative estimate of drug-likeness (QED) is 0.727. The van der Waals surface area contributed by atoms with E-state index < -0.39 is 6.03 Å². The number of carbonyl (C=O) groups is 1. The third-order valence-corrected chi connectivity index (χ3v) is 3.35. The molecule has 1 aromatic carbocycles. The van der Waals surface area contributed by atoms with Crippen molar-refractivity contribution in [3.63, 3.8) is 0 Å². The maximum atomic E-state index is 12.1. The van der Waals surface area contributed by atoms with E-state index in [1.54, 1.807) is 31.2 Å². The molecule has 0 aliphatic carbocycles. The number of hydrogen-bond donors (Lipinski definition) is 2. The van der Waals surface area contributed by atoms with Crippen molar-refractivity contribution in [2.75, 3.05) is 17.2 Å². The van der Waals surface area contributed by atoms with Crippen molar-refractivity contribution >= 4 is 17.7 Å². The second-order valence-electron chi connectivity index (χ2n) is 5.25. The second kappa shape index (κ2) is 7.08. The van der Waals surface area contributed by atoms with Gasteiger partial charge in [0, 0.05) is 0 Å². The van der Waals surface area contributed by atoms with E-state index in [1.165, 1.54) is 0 Å². The SMILES string of the molecule is CCOc1ccccc1NC(=O)Nc1nnc(-c2cc(C)oc2C)o1. The molecule has 25 heavy (non-hydrogen) atoms. The molecule has 130 valence electrons. The summed E-state index contributed by atoms with van der Waals surface area (Å²) in [6.07, 6.45) is 0. The molecule has 0 aliphatic rings. The Balaban J connectivity index is 1.69. The van der Waals surface area contributed by atoms with Gasteiger partial charge in [-0.1, -0.05) is 17.2 Å². The highest BCUT2D eigenvalue weighted by atomic mass is 16.5. The van der Waals surface area contributed by atoms with Crippen LogP contribution in [0.25, 0.3) is 11.5 Å². The first-order chi connectivity index (χ1) is 12.1. The number of rotatable bonds is 5. The average Bonchev–Trinajstić information content (AvgIpc) is 3.15. The van der Waals surface area contributed by atoms with Crippen LogP contribution in [0.1, 0.15) is 18.4 Å².